The highest BCUT2D eigenvalue weighted by atomic mass is 16.6. The zero-order valence-corrected chi connectivity index (χ0v) is 45.2. The van der Waals surface area contributed by atoms with E-state index in [4.69, 9.17) is 28.4 Å². The highest BCUT2D eigenvalue weighted by molar-refractivity contribution is 6.21. The number of hydrogen-bond acceptors (Lipinski definition) is 10. The fraction of sp³-hybridized carbons (Fsp3) is 0.269. The zero-order chi connectivity index (χ0) is 55.0. The van der Waals surface area contributed by atoms with Gasteiger partial charge in [0.05, 0.1) is 32.0 Å². The maximum atomic E-state index is 13.5. The number of rotatable bonds is 25. The maximum absolute atomic E-state index is 13.5. The average molecular weight is 1040 g/mol. The van der Waals surface area contributed by atoms with Crippen molar-refractivity contribution in [3.63, 3.8) is 0 Å². The molecule has 1 N–H and O–H groups in total. The summed E-state index contributed by atoms with van der Waals surface area (Å²) in [4.78, 5) is 35.8. The van der Waals surface area contributed by atoms with E-state index in [1.165, 1.54) is 12.2 Å². The number of aliphatic hydroxyl groups is 1. The van der Waals surface area contributed by atoms with Crippen LogP contribution in [-0.2, 0) is 24.8 Å². The molecule has 0 saturated carbocycles. The predicted molar refractivity (Wildman–Crippen MR) is 311 cm³/mol. The van der Waals surface area contributed by atoms with Gasteiger partial charge in [0, 0.05) is 24.6 Å². The molecule has 0 aliphatic rings. The SMILES string of the molecule is C=CC(=O)OCCCCCCOc1ccc(C(C)(O)Oc2ccc(-c3c4ccccc4c(-c4ccc(OC(=O)c5ccc6cc(OCCCCCCOC(=O)C=C)ccc6c5)cc4)c4ccccc34)cc2)cc1.CC.CC. The quantitative estimate of drug-likeness (QED) is 0.0148. The van der Waals surface area contributed by atoms with E-state index in [9.17, 15) is 19.5 Å². The lowest BCUT2D eigenvalue weighted by Gasteiger charge is -2.25. The van der Waals surface area contributed by atoms with E-state index in [2.05, 4.69) is 37.4 Å². The van der Waals surface area contributed by atoms with Crippen molar-refractivity contribution < 1.29 is 47.9 Å². The minimum absolute atomic E-state index is 0.393. The molecule has 0 aromatic heterocycles. The van der Waals surface area contributed by atoms with Crippen LogP contribution in [0.3, 0.4) is 0 Å². The van der Waals surface area contributed by atoms with Crippen LogP contribution < -0.4 is 18.9 Å². The van der Waals surface area contributed by atoms with Gasteiger partial charge in [-0.05, 0) is 179 Å². The molecule has 0 heterocycles. The number of fused-ring (bicyclic) bond motifs is 3. The zero-order valence-electron chi connectivity index (χ0n) is 45.2. The molecule has 0 radical (unpaired) electrons. The third-order valence-corrected chi connectivity index (χ3v) is 12.6. The fourth-order valence-corrected chi connectivity index (χ4v) is 8.84. The van der Waals surface area contributed by atoms with E-state index >= 15 is 0 Å². The van der Waals surface area contributed by atoms with Crippen LogP contribution in [0.5, 0.6) is 23.0 Å². The van der Waals surface area contributed by atoms with Crippen molar-refractivity contribution in [2.24, 2.45) is 0 Å². The summed E-state index contributed by atoms with van der Waals surface area (Å²) in [5.74, 6) is -0.413. The van der Waals surface area contributed by atoms with E-state index in [-0.39, 0.29) is 0 Å². The molecule has 1 atom stereocenters. The first kappa shape index (κ1) is 58.1. The van der Waals surface area contributed by atoms with Gasteiger partial charge in [-0.1, -0.05) is 126 Å². The van der Waals surface area contributed by atoms with Gasteiger partial charge in [0.15, 0.2) is 0 Å². The molecule has 0 aliphatic heterocycles. The lowest BCUT2D eigenvalue weighted by molar-refractivity contribution is -0.138. The van der Waals surface area contributed by atoms with Gasteiger partial charge in [-0.25, -0.2) is 14.4 Å². The summed E-state index contributed by atoms with van der Waals surface area (Å²) in [6.07, 6.45) is 9.52. The third kappa shape index (κ3) is 16.1. The van der Waals surface area contributed by atoms with Gasteiger partial charge in [0.25, 0.3) is 0 Å². The largest absolute Gasteiger partial charge is 0.494 e. The topological polar surface area (TPSA) is 127 Å². The Morgan fingerprint density at radius 1 is 0.468 bits per heavy atom. The number of benzene rings is 8. The molecule has 0 fully saturated rings. The number of ether oxygens (including phenoxy) is 6. The van der Waals surface area contributed by atoms with E-state index in [0.717, 1.165) is 112 Å². The first-order valence-corrected chi connectivity index (χ1v) is 26.9. The molecule has 8 aromatic rings. The van der Waals surface area contributed by atoms with Crippen LogP contribution in [-0.4, -0.2) is 49.4 Å². The summed E-state index contributed by atoms with van der Waals surface area (Å²) in [5, 5.41) is 17.6. The van der Waals surface area contributed by atoms with Crippen molar-refractivity contribution >= 4 is 50.2 Å². The van der Waals surface area contributed by atoms with Gasteiger partial charge < -0.3 is 33.5 Å². The summed E-state index contributed by atoms with van der Waals surface area (Å²) < 4.78 is 34.0. The second-order valence-corrected chi connectivity index (χ2v) is 17.9. The van der Waals surface area contributed by atoms with Crippen molar-refractivity contribution in [2.45, 2.75) is 91.8 Å². The number of carbonyl (C=O) groups is 3. The van der Waals surface area contributed by atoms with Gasteiger partial charge in [-0.15, -0.1) is 0 Å². The average Bonchev–Trinajstić information content (AvgIpc) is 3.55. The third-order valence-electron chi connectivity index (χ3n) is 12.6. The number of unbranched alkanes of at least 4 members (excludes halogenated alkanes) is 6. The lowest BCUT2D eigenvalue weighted by atomic mass is 9.86. The summed E-state index contributed by atoms with van der Waals surface area (Å²) in [5.41, 5.74) is 5.17. The highest BCUT2D eigenvalue weighted by Gasteiger charge is 2.26. The standard InChI is InChI=1S/C63H60O10.2C2H6/c1-4-58(64)70-40-16-8-6-14-38-68-50-36-29-49(30-37-50)63(3,67)73-52-33-26-45(27-34-52)61-56-20-12-10-18-54(56)60(55-19-11-13-21-57(55)61)44-24-31-51(32-25-44)72-62(66)48-23-22-47-43-53(35-28-46(47)42-48)69-39-15-7-9-17-41-71-59(65)5-2;2*1-2/h4-5,10-13,18-37,42-43,67H,1-2,6-9,14-17,38-41H2,3H3;2*1-2H3. The van der Waals surface area contributed by atoms with Gasteiger partial charge in [0.1, 0.15) is 23.0 Å². The Morgan fingerprint density at radius 3 is 1.35 bits per heavy atom. The Kier molecular flexibility index (Phi) is 22.4. The van der Waals surface area contributed by atoms with Crippen LogP contribution in [0.15, 0.2) is 183 Å². The Balaban J connectivity index is 0.00000235. The van der Waals surface area contributed by atoms with Crippen molar-refractivity contribution in [3.05, 3.63) is 194 Å². The molecule has 0 bridgehead atoms. The van der Waals surface area contributed by atoms with Crippen molar-refractivity contribution in [1.82, 2.24) is 0 Å². The lowest BCUT2D eigenvalue weighted by Crippen LogP contribution is -2.28. The van der Waals surface area contributed by atoms with E-state index in [0.29, 0.717) is 54.8 Å². The molecule has 8 aromatic carbocycles. The Labute approximate surface area is 453 Å². The first-order chi connectivity index (χ1) is 37.6. The second-order valence-electron chi connectivity index (χ2n) is 17.9. The van der Waals surface area contributed by atoms with E-state index in [1.54, 1.807) is 25.1 Å². The molecule has 10 heteroatoms. The van der Waals surface area contributed by atoms with Crippen molar-refractivity contribution in [3.8, 4) is 45.3 Å². The normalized spacial score (nSPS) is 11.5. The van der Waals surface area contributed by atoms with Crippen LogP contribution in [0.2, 0.25) is 0 Å². The van der Waals surface area contributed by atoms with Crippen LogP contribution in [0, 0.1) is 0 Å². The minimum atomic E-state index is -1.60. The monoisotopic (exact) mass is 1040 g/mol. The first-order valence-electron chi connectivity index (χ1n) is 26.9. The van der Waals surface area contributed by atoms with Gasteiger partial charge in [-0.3, -0.25) is 0 Å². The number of hydrogen-bond donors (Lipinski definition) is 1. The second kappa shape index (κ2) is 29.8. The molecule has 8 rings (SSSR count). The van der Waals surface area contributed by atoms with Crippen LogP contribution in [0.4, 0.5) is 0 Å². The van der Waals surface area contributed by atoms with Crippen molar-refractivity contribution in [2.75, 3.05) is 26.4 Å². The Morgan fingerprint density at radius 2 is 0.870 bits per heavy atom. The number of esters is 3. The van der Waals surface area contributed by atoms with Crippen molar-refractivity contribution in [1.29, 1.82) is 0 Å². The van der Waals surface area contributed by atoms with E-state index < -0.39 is 23.7 Å². The fourth-order valence-electron chi connectivity index (χ4n) is 8.84. The Hall–Kier alpha value is -8.21. The van der Waals surface area contributed by atoms with E-state index in [1.807, 2.05) is 143 Å². The predicted octanol–water partition coefficient (Wildman–Crippen LogP) is 16.3. The van der Waals surface area contributed by atoms with Gasteiger partial charge >= 0.3 is 17.9 Å². The smallest absolute Gasteiger partial charge is 0.343 e. The molecule has 1 unspecified atom stereocenters. The summed E-state index contributed by atoms with van der Waals surface area (Å²) >= 11 is 0. The molecule has 0 amide bonds. The van der Waals surface area contributed by atoms with Gasteiger partial charge in [0.2, 0.25) is 5.79 Å². The molecule has 0 aliphatic carbocycles. The van der Waals surface area contributed by atoms with Crippen LogP contribution in [0.25, 0.3) is 54.6 Å². The summed E-state index contributed by atoms with van der Waals surface area (Å²) in [6, 6.07) is 50.8. The molecule has 77 heavy (non-hydrogen) atoms. The Bertz CT molecular complexity index is 3140. The molecule has 0 saturated heterocycles. The van der Waals surface area contributed by atoms with Crippen LogP contribution in [0.1, 0.15) is 102 Å². The molecule has 400 valence electrons. The summed E-state index contributed by atoms with van der Waals surface area (Å²) in [6.45, 7) is 18.4. The van der Waals surface area contributed by atoms with Crippen LogP contribution >= 0.6 is 0 Å². The maximum Gasteiger partial charge on any atom is 0.343 e. The van der Waals surface area contributed by atoms with Gasteiger partial charge in [-0.2, -0.15) is 0 Å². The molecule has 0 spiro atoms. The number of carbonyl (C=O) groups excluding carboxylic acids is 3. The minimum Gasteiger partial charge on any atom is -0.494 e. The summed E-state index contributed by atoms with van der Waals surface area (Å²) in [7, 11) is 0. The molecule has 10 nitrogen and oxygen atoms in total. The molecular formula is C67H72O10. The molecular weight excluding hydrogens is 965 g/mol. The highest BCUT2D eigenvalue weighted by Crippen LogP contribution is 2.44.